The van der Waals surface area contributed by atoms with Crippen LogP contribution >= 0.6 is 0 Å². The van der Waals surface area contributed by atoms with Gasteiger partial charge in [-0.15, -0.1) is 0 Å². The summed E-state index contributed by atoms with van der Waals surface area (Å²) in [7, 11) is -4.53. The smallest absolute Gasteiger partial charge is 0.870 e. The Morgan fingerprint density at radius 3 is 2.32 bits per heavy atom. The Bertz CT molecular complexity index is 773. The average molecular weight is 389 g/mol. The number of ether oxygens (including phenoxy) is 1. The molecule has 1 N–H and O–H groups in total. The van der Waals surface area contributed by atoms with Crippen LogP contribution in [0.1, 0.15) is 38.2 Å². The second kappa shape index (κ2) is 10.7. The van der Waals surface area contributed by atoms with Crippen LogP contribution in [0.4, 0.5) is 0 Å². The summed E-state index contributed by atoms with van der Waals surface area (Å²) in [5, 5.41) is 11.9. The van der Waals surface area contributed by atoms with Crippen molar-refractivity contribution in [3.05, 3.63) is 48.0 Å². The molecule has 0 bridgehead atoms. The van der Waals surface area contributed by atoms with Gasteiger partial charge in [0.05, 0.1) is 0 Å². The Hall–Kier alpha value is -0.414. The Labute approximate surface area is 191 Å². The molecular weight excluding hydrogens is 367 g/mol. The standard InChI is InChI=1S/C18H22O5S.K/c1-2-3-4-5-7-14-10-12-15(13-11-14)23-18-16(19)8-6-9-17(18)24(20,21)22;/h6,8-13,19H,2-5,7H2,1H3,(H,20,21,22);/q;+1/p-1. The molecule has 7 heteroatoms. The topological polar surface area (TPSA) is 86.7 Å². The molecule has 5 nitrogen and oxygen atoms in total. The molecule has 0 saturated carbocycles. The molecule has 0 aliphatic heterocycles. The molecule has 0 atom stereocenters. The maximum absolute atomic E-state index is 11.9. The Balaban J connectivity index is 0.00000312. The first kappa shape index (κ1) is 22.6. The number of hydrogen-bond acceptors (Lipinski definition) is 4. The molecule has 0 aromatic heterocycles. The first-order valence-corrected chi connectivity index (χ1v) is 9.40. The molecule has 0 aliphatic carbocycles. The summed E-state index contributed by atoms with van der Waals surface area (Å²) in [5.41, 5.74) is 1.16. The minimum atomic E-state index is -4.53. The predicted octanol–water partition coefficient (Wildman–Crippen LogP) is 0.926. The minimum absolute atomic E-state index is 0. The van der Waals surface area contributed by atoms with Crippen molar-refractivity contribution in [2.75, 3.05) is 0 Å². The van der Waals surface area contributed by atoms with Crippen LogP contribution in [0.3, 0.4) is 0 Å². The van der Waals surface area contributed by atoms with Crippen LogP contribution in [-0.4, -0.2) is 13.0 Å². The van der Waals surface area contributed by atoms with Gasteiger partial charge in [-0.25, -0.2) is 0 Å². The fourth-order valence-electron chi connectivity index (χ4n) is 2.40. The van der Waals surface area contributed by atoms with Gasteiger partial charge in [0.2, 0.25) is 0 Å². The molecule has 0 saturated heterocycles. The molecule has 2 aromatic carbocycles. The van der Waals surface area contributed by atoms with E-state index in [1.165, 1.54) is 31.4 Å². The van der Waals surface area contributed by atoms with E-state index in [0.717, 1.165) is 24.5 Å². The van der Waals surface area contributed by atoms with Crippen molar-refractivity contribution in [3.8, 4) is 17.2 Å². The molecule has 0 heterocycles. The van der Waals surface area contributed by atoms with Crippen molar-refractivity contribution >= 4 is 10.1 Å². The van der Waals surface area contributed by atoms with E-state index in [-0.39, 0.29) is 51.4 Å². The first-order valence-electron chi connectivity index (χ1n) is 7.96. The van der Waals surface area contributed by atoms with Gasteiger partial charge in [-0.1, -0.05) is 56.2 Å². The summed E-state index contributed by atoms with van der Waals surface area (Å²) in [6.45, 7) is 2.17. The molecule has 25 heavy (non-hydrogen) atoms. The molecule has 0 amide bonds. The molecule has 2 rings (SSSR count). The van der Waals surface area contributed by atoms with E-state index in [1.807, 2.05) is 12.1 Å². The van der Waals surface area contributed by atoms with Gasteiger partial charge < -0.3 is 9.84 Å². The SMILES string of the molecule is CCCCCCc1ccc(Oc2c([O-])cccc2S(=O)(=O)O)cc1.[K+]. The fraction of sp³-hybridized carbons (Fsp3) is 0.333. The number of para-hydroxylation sites is 1. The Morgan fingerprint density at radius 2 is 1.72 bits per heavy atom. The summed E-state index contributed by atoms with van der Waals surface area (Å²) in [5.74, 6) is -0.648. The third kappa shape index (κ3) is 7.01. The number of rotatable bonds is 8. The maximum Gasteiger partial charge on any atom is 1.00 e. The summed E-state index contributed by atoms with van der Waals surface area (Å²) in [6, 6.07) is 10.7. The van der Waals surface area contributed by atoms with Gasteiger partial charge in [0, 0.05) is 0 Å². The monoisotopic (exact) mass is 388 g/mol. The van der Waals surface area contributed by atoms with Crippen LogP contribution < -0.4 is 61.2 Å². The van der Waals surface area contributed by atoms with E-state index in [4.69, 9.17) is 4.74 Å². The van der Waals surface area contributed by atoms with Crippen molar-refractivity contribution in [2.24, 2.45) is 0 Å². The van der Waals surface area contributed by atoms with Crippen LogP contribution in [0, 0.1) is 0 Å². The van der Waals surface area contributed by atoms with Gasteiger partial charge in [-0.05, 0) is 36.6 Å². The van der Waals surface area contributed by atoms with E-state index < -0.39 is 26.5 Å². The molecule has 130 valence electrons. The van der Waals surface area contributed by atoms with Gasteiger partial charge in [0.25, 0.3) is 10.1 Å². The van der Waals surface area contributed by atoms with Crippen LogP contribution in [0.25, 0.3) is 0 Å². The van der Waals surface area contributed by atoms with Gasteiger partial charge in [0.15, 0.2) is 0 Å². The first-order chi connectivity index (χ1) is 11.4. The quantitative estimate of drug-likeness (QED) is 0.413. The Kier molecular flexibility index (Phi) is 9.65. The summed E-state index contributed by atoms with van der Waals surface area (Å²) in [6.07, 6.45) is 5.69. The van der Waals surface area contributed by atoms with Gasteiger partial charge in [-0.2, -0.15) is 8.42 Å². The van der Waals surface area contributed by atoms with Crippen molar-refractivity contribution < 1.29 is 74.2 Å². The van der Waals surface area contributed by atoms with E-state index in [2.05, 4.69) is 6.92 Å². The van der Waals surface area contributed by atoms with Crippen LogP contribution in [-0.2, 0) is 16.5 Å². The zero-order valence-corrected chi connectivity index (χ0v) is 18.5. The summed E-state index contributed by atoms with van der Waals surface area (Å²) >= 11 is 0. The number of benzene rings is 2. The van der Waals surface area contributed by atoms with Crippen LogP contribution in [0.5, 0.6) is 17.2 Å². The average Bonchev–Trinajstić information content (AvgIpc) is 2.54. The molecule has 2 aromatic rings. The van der Waals surface area contributed by atoms with Crippen molar-refractivity contribution in [1.29, 1.82) is 0 Å². The molecule has 0 aliphatic rings. The third-order valence-electron chi connectivity index (χ3n) is 3.68. The van der Waals surface area contributed by atoms with E-state index >= 15 is 0 Å². The van der Waals surface area contributed by atoms with E-state index in [9.17, 15) is 18.1 Å². The maximum atomic E-state index is 11.9. The van der Waals surface area contributed by atoms with Crippen molar-refractivity contribution in [1.82, 2.24) is 0 Å². The predicted molar refractivity (Wildman–Crippen MR) is 90.1 cm³/mol. The second-order valence-electron chi connectivity index (χ2n) is 5.62. The van der Waals surface area contributed by atoms with Gasteiger partial charge in [0.1, 0.15) is 16.4 Å². The van der Waals surface area contributed by atoms with Crippen molar-refractivity contribution in [3.63, 3.8) is 0 Å². The molecule has 0 spiro atoms. The number of unbranched alkanes of at least 4 members (excludes halogenated alkanes) is 3. The van der Waals surface area contributed by atoms with E-state index in [1.54, 1.807) is 12.1 Å². The number of aryl methyl sites for hydroxylation is 1. The van der Waals surface area contributed by atoms with Gasteiger partial charge >= 0.3 is 51.4 Å². The third-order valence-corrected chi connectivity index (χ3v) is 4.56. The molecule has 0 unspecified atom stereocenters. The zero-order chi connectivity index (χ0) is 17.6. The van der Waals surface area contributed by atoms with Crippen LogP contribution in [0.2, 0.25) is 0 Å². The summed E-state index contributed by atoms with van der Waals surface area (Å²) in [4.78, 5) is -0.529. The van der Waals surface area contributed by atoms with E-state index in [0.29, 0.717) is 5.75 Å². The van der Waals surface area contributed by atoms with Crippen molar-refractivity contribution in [2.45, 2.75) is 43.9 Å². The minimum Gasteiger partial charge on any atom is -0.870 e. The molecular formula is C18H21KO5S. The molecule has 0 fully saturated rings. The summed E-state index contributed by atoms with van der Waals surface area (Å²) < 4.78 is 37.3. The normalized spacial score (nSPS) is 11.0. The number of hydrogen-bond donors (Lipinski definition) is 1. The van der Waals surface area contributed by atoms with Gasteiger partial charge in [-0.3, -0.25) is 4.55 Å². The molecule has 0 radical (unpaired) electrons. The van der Waals surface area contributed by atoms with Crippen LogP contribution in [0.15, 0.2) is 47.4 Å². The Morgan fingerprint density at radius 1 is 1.04 bits per heavy atom. The largest absolute Gasteiger partial charge is 1.00 e. The second-order valence-corrected chi connectivity index (χ2v) is 7.01. The zero-order valence-electron chi connectivity index (χ0n) is 14.6. The fourth-order valence-corrected chi connectivity index (χ4v) is 3.02.